The zero-order chi connectivity index (χ0) is 8.77. The van der Waals surface area contributed by atoms with Crippen molar-refractivity contribution in [2.75, 3.05) is 26.2 Å². The molecule has 70 valence electrons. The average Bonchev–Trinajstić information content (AvgIpc) is 1.92. The summed E-state index contributed by atoms with van der Waals surface area (Å²) in [5.74, 6) is 1.80. The first kappa shape index (κ1) is 8.34. The van der Waals surface area contributed by atoms with Crippen LogP contribution in [0, 0.1) is 11.8 Å². The first-order valence-corrected chi connectivity index (χ1v) is 4.19. The fourth-order valence-electron chi connectivity index (χ4n) is 2.05. The van der Waals surface area contributed by atoms with Gasteiger partial charge >= 0.3 is 0 Å². The van der Waals surface area contributed by atoms with E-state index in [4.69, 9.17) is 5.84 Å². The highest BCUT2D eigenvalue weighted by molar-refractivity contribution is 4.96. The molecular formula is C7H13F2N3. The molecule has 2 aliphatic rings. The molecule has 3 nitrogen and oxygen atoms in total. The van der Waals surface area contributed by atoms with Gasteiger partial charge in [0.05, 0.1) is 0 Å². The maximum absolute atomic E-state index is 13.4. The van der Waals surface area contributed by atoms with Gasteiger partial charge in [0.1, 0.15) is 0 Å². The summed E-state index contributed by atoms with van der Waals surface area (Å²) in [5, 5.41) is 4.51. The number of nitrogens with zero attached hydrogens (tertiary/aromatic N) is 1. The Morgan fingerprint density at radius 1 is 1.25 bits per heavy atom. The van der Waals surface area contributed by atoms with E-state index >= 15 is 0 Å². The van der Waals surface area contributed by atoms with Crippen molar-refractivity contribution in [1.82, 2.24) is 10.3 Å². The molecule has 2 rings (SSSR count). The predicted molar refractivity (Wildman–Crippen MR) is 40.6 cm³/mol. The third-order valence-electron chi connectivity index (χ3n) is 2.78. The molecule has 2 bridgehead atoms. The van der Waals surface area contributed by atoms with Gasteiger partial charge in [0.25, 0.3) is 5.92 Å². The minimum absolute atomic E-state index is 0.302. The number of nitrogens with two attached hydrogens (primary N) is 1. The molecule has 2 saturated heterocycles. The molecule has 0 aromatic carbocycles. The van der Waals surface area contributed by atoms with Gasteiger partial charge in [0.15, 0.2) is 0 Å². The quantitative estimate of drug-likeness (QED) is 0.497. The van der Waals surface area contributed by atoms with Gasteiger partial charge in [-0.25, -0.2) is 13.8 Å². The number of fused-ring (bicyclic) bond motifs is 2. The van der Waals surface area contributed by atoms with Crippen molar-refractivity contribution in [2.24, 2.45) is 17.7 Å². The second-order valence-electron chi connectivity index (χ2n) is 3.68. The molecule has 3 N–H and O–H groups in total. The largest absolute Gasteiger partial charge is 0.316 e. The smallest absolute Gasteiger partial charge is 0.258 e. The van der Waals surface area contributed by atoms with Crippen LogP contribution in [0.1, 0.15) is 0 Å². The molecule has 12 heavy (non-hydrogen) atoms. The van der Waals surface area contributed by atoms with E-state index in [0.29, 0.717) is 26.2 Å². The zero-order valence-corrected chi connectivity index (χ0v) is 6.76. The summed E-state index contributed by atoms with van der Waals surface area (Å²) in [4.78, 5) is 0. The maximum Gasteiger partial charge on any atom is 0.258 e. The van der Waals surface area contributed by atoms with Crippen LogP contribution >= 0.6 is 0 Å². The standard InChI is InChI=1S/C7H13F2N3/c8-7(9)5-1-11-2-6(7)4-12(10)3-5/h5-6,11H,1-4,10H2. The van der Waals surface area contributed by atoms with Crippen molar-refractivity contribution in [2.45, 2.75) is 5.92 Å². The lowest BCUT2D eigenvalue weighted by molar-refractivity contribution is -0.163. The van der Waals surface area contributed by atoms with Crippen LogP contribution in [0.2, 0.25) is 0 Å². The summed E-state index contributed by atoms with van der Waals surface area (Å²) in [6.45, 7) is 1.38. The van der Waals surface area contributed by atoms with E-state index in [1.165, 1.54) is 5.01 Å². The highest BCUT2D eigenvalue weighted by Crippen LogP contribution is 2.38. The number of halogens is 2. The number of hydrazine groups is 1. The van der Waals surface area contributed by atoms with Gasteiger partial charge in [0, 0.05) is 38.0 Å². The first-order valence-electron chi connectivity index (χ1n) is 4.19. The van der Waals surface area contributed by atoms with Crippen LogP contribution in [-0.2, 0) is 0 Å². The number of nitrogens with one attached hydrogen (secondary N) is 1. The molecule has 0 saturated carbocycles. The second kappa shape index (κ2) is 2.61. The van der Waals surface area contributed by atoms with Crippen LogP contribution in [0.15, 0.2) is 0 Å². The molecule has 0 radical (unpaired) electrons. The monoisotopic (exact) mass is 177 g/mol. The lowest BCUT2D eigenvalue weighted by Crippen LogP contribution is -2.64. The van der Waals surface area contributed by atoms with E-state index in [9.17, 15) is 8.78 Å². The lowest BCUT2D eigenvalue weighted by atomic mass is 9.82. The molecule has 2 heterocycles. The Morgan fingerprint density at radius 2 is 1.75 bits per heavy atom. The van der Waals surface area contributed by atoms with Crippen molar-refractivity contribution in [1.29, 1.82) is 0 Å². The molecule has 2 atom stereocenters. The first-order chi connectivity index (χ1) is 5.60. The van der Waals surface area contributed by atoms with E-state index < -0.39 is 17.8 Å². The lowest BCUT2D eigenvalue weighted by Gasteiger charge is -2.45. The van der Waals surface area contributed by atoms with Crippen LogP contribution in [0.3, 0.4) is 0 Å². The molecule has 2 unspecified atom stereocenters. The molecule has 2 aliphatic heterocycles. The topological polar surface area (TPSA) is 41.3 Å². The fourth-order valence-corrected chi connectivity index (χ4v) is 2.05. The molecule has 0 amide bonds. The van der Waals surface area contributed by atoms with Crippen LogP contribution in [0.5, 0.6) is 0 Å². The van der Waals surface area contributed by atoms with Gasteiger partial charge in [-0.05, 0) is 0 Å². The van der Waals surface area contributed by atoms with E-state index in [1.807, 2.05) is 0 Å². The maximum atomic E-state index is 13.4. The van der Waals surface area contributed by atoms with E-state index in [-0.39, 0.29) is 0 Å². The molecule has 0 aromatic rings. The number of rotatable bonds is 0. The van der Waals surface area contributed by atoms with Crippen molar-refractivity contribution >= 4 is 0 Å². The number of hydrogen-bond donors (Lipinski definition) is 2. The predicted octanol–water partition coefficient (Wildman–Crippen LogP) is -0.353. The normalized spacial score (nSPS) is 41.2. The molecule has 0 aromatic heterocycles. The Morgan fingerprint density at radius 3 is 2.25 bits per heavy atom. The zero-order valence-electron chi connectivity index (χ0n) is 6.76. The van der Waals surface area contributed by atoms with E-state index in [0.717, 1.165) is 0 Å². The number of alkyl halides is 2. The third-order valence-corrected chi connectivity index (χ3v) is 2.78. The average molecular weight is 177 g/mol. The molecular weight excluding hydrogens is 164 g/mol. The summed E-state index contributed by atoms with van der Waals surface area (Å²) >= 11 is 0. The minimum atomic E-state index is -2.51. The molecule has 2 fully saturated rings. The van der Waals surface area contributed by atoms with Gasteiger partial charge in [-0.3, -0.25) is 5.84 Å². The van der Waals surface area contributed by atoms with Crippen LogP contribution in [0.4, 0.5) is 8.78 Å². The summed E-state index contributed by atoms with van der Waals surface area (Å²) in [7, 11) is 0. The van der Waals surface area contributed by atoms with E-state index in [1.54, 1.807) is 0 Å². The van der Waals surface area contributed by atoms with Crippen LogP contribution in [0.25, 0.3) is 0 Å². The Hall–Kier alpha value is -0.260. The van der Waals surface area contributed by atoms with Crippen molar-refractivity contribution in [3.8, 4) is 0 Å². The summed E-state index contributed by atoms with van der Waals surface area (Å²) in [6, 6.07) is 0. The Balaban J connectivity index is 2.18. The highest BCUT2D eigenvalue weighted by Gasteiger charge is 2.52. The molecule has 0 spiro atoms. The number of hydrogen-bond acceptors (Lipinski definition) is 3. The molecule has 5 heteroatoms. The van der Waals surface area contributed by atoms with Crippen molar-refractivity contribution in [3.05, 3.63) is 0 Å². The van der Waals surface area contributed by atoms with Gasteiger partial charge in [0.2, 0.25) is 0 Å². The van der Waals surface area contributed by atoms with Gasteiger partial charge in [-0.1, -0.05) is 0 Å². The highest BCUT2D eigenvalue weighted by atomic mass is 19.3. The Labute approximate surface area is 69.9 Å². The molecule has 0 aliphatic carbocycles. The second-order valence-corrected chi connectivity index (χ2v) is 3.68. The van der Waals surface area contributed by atoms with Crippen molar-refractivity contribution < 1.29 is 8.78 Å². The van der Waals surface area contributed by atoms with Crippen molar-refractivity contribution in [3.63, 3.8) is 0 Å². The Bertz CT molecular complexity index is 169. The van der Waals surface area contributed by atoms with Gasteiger partial charge in [-0.2, -0.15) is 0 Å². The third kappa shape index (κ3) is 1.12. The minimum Gasteiger partial charge on any atom is -0.316 e. The number of piperidine rings is 2. The summed E-state index contributed by atoms with van der Waals surface area (Å²) in [5.41, 5.74) is 0. The van der Waals surface area contributed by atoms with Gasteiger partial charge in [-0.15, -0.1) is 0 Å². The summed E-state index contributed by atoms with van der Waals surface area (Å²) < 4.78 is 26.7. The fraction of sp³-hybridized carbons (Fsp3) is 1.00. The SMILES string of the molecule is NN1CC2CNCC(C1)C2(F)F. The Kier molecular flexibility index (Phi) is 1.82. The van der Waals surface area contributed by atoms with Gasteiger partial charge < -0.3 is 5.32 Å². The van der Waals surface area contributed by atoms with Crippen LogP contribution in [-0.4, -0.2) is 37.1 Å². The summed E-state index contributed by atoms with van der Waals surface area (Å²) in [6.07, 6.45) is 0. The van der Waals surface area contributed by atoms with E-state index in [2.05, 4.69) is 5.32 Å². The van der Waals surface area contributed by atoms with Crippen LogP contribution < -0.4 is 11.2 Å².